The van der Waals surface area contributed by atoms with Crippen LogP contribution in [-0.2, 0) is 12.8 Å². The molecule has 0 amide bonds. The average molecular weight is 379 g/mol. The first-order valence-corrected chi connectivity index (χ1v) is 11.6. The molecular weight excluding hydrogens is 340 g/mol. The van der Waals surface area contributed by atoms with Gasteiger partial charge in [0.2, 0.25) is 0 Å². The van der Waals surface area contributed by atoms with Gasteiger partial charge < -0.3 is 5.11 Å². The molecule has 0 aliphatic heterocycles. The van der Waals surface area contributed by atoms with Gasteiger partial charge in [0.1, 0.15) is 0 Å². The van der Waals surface area contributed by atoms with Crippen LogP contribution in [0.1, 0.15) is 87.8 Å². The van der Waals surface area contributed by atoms with Crippen LogP contribution in [0.5, 0.6) is 0 Å². The summed E-state index contributed by atoms with van der Waals surface area (Å²) in [5, 5.41) is 8.93. The summed E-state index contributed by atoms with van der Waals surface area (Å²) in [6.45, 7) is 4.91. The van der Waals surface area contributed by atoms with Crippen molar-refractivity contribution in [3.8, 4) is 11.1 Å². The maximum Gasteiger partial charge on any atom is 0.0431 e. The molecule has 1 nitrogen and oxygen atoms in total. The summed E-state index contributed by atoms with van der Waals surface area (Å²) in [6, 6.07) is 16.5. The standard InChI is InChI=1S/C27H38O/c1-3-21-9-12-24(13-10-21)25-14-16-26(17-15-25)27-18-11-22(20-23(27)4-2)8-6-5-7-19-28/h11,14-18,20-21,24,28H,3-10,12-13,19H2,1-2H3. The van der Waals surface area contributed by atoms with E-state index in [9.17, 15) is 0 Å². The molecule has 152 valence electrons. The van der Waals surface area contributed by atoms with E-state index in [4.69, 9.17) is 5.11 Å². The summed E-state index contributed by atoms with van der Waals surface area (Å²) >= 11 is 0. The monoisotopic (exact) mass is 378 g/mol. The fourth-order valence-corrected chi connectivity index (χ4v) is 4.83. The lowest BCUT2D eigenvalue weighted by Crippen LogP contribution is -2.12. The molecule has 1 saturated carbocycles. The number of aryl methyl sites for hydroxylation is 2. The third kappa shape index (κ3) is 5.47. The van der Waals surface area contributed by atoms with Crippen molar-refractivity contribution in [1.82, 2.24) is 0 Å². The third-order valence-electron chi connectivity index (χ3n) is 6.79. The molecule has 0 bridgehead atoms. The topological polar surface area (TPSA) is 20.2 Å². The van der Waals surface area contributed by atoms with Gasteiger partial charge >= 0.3 is 0 Å². The molecule has 3 rings (SSSR count). The highest BCUT2D eigenvalue weighted by atomic mass is 16.2. The van der Waals surface area contributed by atoms with Crippen LogP contribution in [0.2, 0.25) is 0 Å². The first kappa shape index (κ1) is 21.1. The second-order valence-corrected chi connectivity index (χ2v) is 8.63. The quantitative estimate of drug-likeness (QED) is 0.454. The fourth-order valence-electron chi connectivity index (χ4n) is 4.83. The average Bonchev–Trinajstić information content (AvgIpc) is 2.77. The SMILES string of the molecule is CCc1cc(CCCCCO)ccc1-c1ccc(C2CCC(CC)CC2)cc1. The van der Waals surface area contributed by atoms with E-state index in [1.807, 2.05) is 0 Å². The molecule has 0 spiro atoms. The summed E-state index contributed by atoms with van der Waals surface area (Å²) in [6.07, 6.45) is 12.3. The minimum absolute atomic E-state index is 0.315. The van der Waals surface area contributed by atoms with Gasteiger partial charge in [0, 0.05) is 6.61 Å². The van der Waals surface area contributed by atoms with Crippen LogP contribution < -0.4 is 0 Å². The molecule has 0 aromatic heterocycles. The lowest BCUT2D eigenvalue weighted by molar-refractivity contribution is 0.283. The van der Waals surface area contributed by atoms with Gasteiger partial charge in [0.15, 0.2) is 0 Å². The molecule has 0 unspecified atom stereocenters. The molecule has 0 heterocycles. The summed E-state index contributed by atoms with van der Waals surface area (Å²) < 4.78 is 0. The lowest BCUT2D eigenvalue weighted by Gasteiger charge is -2.28. The van der Waals surface area contributed by atoms with E-state index >= 15 is 0 Å². The van der Waals surface area contributed by atoms with Crippen LogP contribution in [0.25, 0.3) is 11.1 Å². The zero-order chi connectivity index (χ0) is 19.8. The summed E-state index contributed by atoms with van der Waals surface area (Å²) in [5.41, 5.74) is 7.17. The molecule has 0 radical (unpaired) electrons. The molecule has 2 aromatic carbocycles. The molecule has 1 aliphatic carbocycles. The Bertz CT molecular complexity index is 708. The van der Waals surface area contributed by atoms with E-state index in [-0.39, 0.29) is 0 Å². The minimum atomic E-state index is 0.315. The van der Waals surface area contributed by atoms with E-state index in [0.717, 1.165) is 43.9 Å². The molecule has 28 heavy (non-hydrogen) atoms. The van der Waals surface area contributed by atoms with E-state index < -0.39 is 0 Å². The molecule has 1 aliphatic rings. The van der Waals surface area contributed by atoms with Crippen molar-refractivity contribution in [2.24, 2.45) is 5.92 Å². The number of aliphatic hydroxyl groups is 1. The second-order valence-electron chi connectivity index (χ2n) is 8.63. The molecule has 1 N–H and O–H groups in total. The Balaban J connectivity index is 1.67. The summed E-state index contributed by atoms with van der Waals surface area (Å²) in [7, 11) is 0. The number of hydrogen-bond acceptors (Lipinski definition) is 1. The highest BCUT2D eigenvalue weighted by Crippen LogP contribution is 2.37. The van der Waals surface area contributed by atoms with Crippen LogP contribution in [0.15, 0.2) is 42.5 Å². The van der Waals surface area contributed by atoms with Crippen LogP contribution in [0, 0.1) is 5.92 Å². The fraction of sp³-hybridized carbons (Fsp3) is 0.556. The number of unbranched alkanes of at least 4 members (excludes halogenated alkanes) is 2. The van der Waals surface area contributed by atoms with Gasteiger partial charge in [0.25, 0.3) is 0 Å². The van der Waals surface area contributed by atoms with Crippen LogP contribution in [0.3, 0.4) is 0 Å². The Labute approximate surface area is 172 Å². The molecule has 1 fully saturated rings. The first-order valence-electron chi connectivity index (χ1n) is 11.6. The highest BCUT2D eigenvalue weighted by molar-refractivity contribution is 5.68. The number of rotatable bonds is 9. The molecule has 0 saturated heterocycles. The van der Waals surface area contributed by atoms with Gasteiger partial charge in [-0.3, -0.25) is 0 Å². The van der Waals surface area contributed by atoms with Crippen LogP contribution >= 0.6 is 0 Å². The maximum atomic E-state index is 8.93. The Morgan fingerprint density at radius 1 is 0.857 bits per heavy atom. The zero-order valence-electron chi connectivity index (χ0n) is 17.9. The van der Waals surface area contributed by atoms with Gasteiger partial charge in [-0.15, -0.1) is 0 Å². The predicted molar refractivity (Wildman–Crippen MR) is 121 cm³/mol. The van der Waals surface area contributed by atoms with Gasteiger partial charge in [-0.25, -0.2) is 0 Å². The van der Waals surface area contributed by atoms with E-state index in [0.29, 0.717) is 6.61 Å². The van der Waals surface area contributed by atoms with Crippen molar-refractivity contribution < 1.29 is 5.11 Å². The molecular formula is C27H38O. The number of benzene rings is 2. The normalized spacial score (nSPS) is 19.7. The summed E-state index contributed by atoms with van der Waals surface area (Å²) in [4.78, 5) is 0. The van der Waals surface area contributed by atoms with Crippen LogP contribution in [-0.4, -0.2) is 11.7 Å². The Hall–Kier alpha value is -1.60. The van der Waals surface area contributed by atoms with E-state index in [1.165, 1.54) is 59.9 Å². The predicted octanol–water partition coefficient (Wildman–Crippen LogP) is 7.30. The van der Waals surface area contributed by atoms with Crippen molar-refractivity contribution in [1.29, 1.82) is 0 Å². The van der Waals surface area contributed by atoms with Crippen molar-refractivity contribution in [2.75, 3.05) is 6.61 Å². The Morgan fingerprint density at radius 3 is 2.25 bits per heavy atom. The number of hydrogen-bond donors (Lipinski definition) is 1. The molecule has 2 aromatic rings. The largest absolute Gasteiger partial charge is 0.396 e. The van der Waals surface area contributed by atoms with Crippen molar-refractivity contribution in [3.63, 3.8) is 0 Å². The van der Waals surface area contributed by atoms with Crippen molar-refractivity contribution >= 4 is 0 Å². The summed E-state index contributed by atoms with van der Waals surface area (Å²) in [5.74, 6) is 1.73. The van der Waals surface area contributed by atoms with Crippen LogP contribution in [0.4, 0.5) is 0 Å². The first-order chi connectivity index (χ1) is 13.7. The highest BCUT2D eigenvalue weighted by Gasteiger charge is 2.21. The van der Waals surface area contributed by atoms with Gasteiger partial charge in [-0.2, -0.15) is 0 Å². The smallest absolute Gasteiger partial charge is 0.0431 e. The third-order valence-corrected chi connectivity index (χ3v) is 6.79. The van der Waals surface area contributed by atoms with Crippen molar-refractivity contribution in [2.45, 2.75) is 84.0 Å². The van der Waals surface area contributed by atoms with E-state index in [2.05, 4.69) is 56.3 Å². The maximum absolute atomic E-state index is 8.93. The number of aliphatic hydroxyl groups excluding tert-OH is 1. The van der Waals surface area contributed by atoms with Gasteiger partial charge in [-0.05, 0) is 91.0 Å². The van der Waals surface area contributed by atoms with Gasteiger partial charge in [-0.1, -0.05) is 69.2 Å². The van der Waals surface area contributed by atoms with Gasteiger partial charge in [0.05, 0.1) is 0 Å². The second kappa shape index (κ2) is 10.8. The Kier molecular flexibility index (Phi) is 8.15. The van der Waals surface area contributed by atoms with Crippen molar-refractivity contribution in [3.05, 3.63) is 59.2 Å². The molecule has 1 heteroatoms. The lowest BCUT2D eigenvalue weighted by atomic mass is 9.77. The van der Waals surface area contributed by atoms with E-state index in [1.54, 1.807) is 0 Å². The molecule has 0 atom stereocenters. The minimum Gasteiger partial charge on any atom is -0.396 e. The zero-order valence-corrected chi connectivity index (χ0v) is 17.9. The Morgan fingerprint density at radius 2 is 1.61 bits per heavy atom.